The summed E-state index contributed by atoms with van der Waals surface area (Å²) < 4.78 is 5.69. The Labute approximate surface area is 138 Å². The van der Waals surface area contributed by atoms with Gasteiger partial charge in [0.1, 0.15) is 5.75 Å². The number of para-hydroxylation sites is 1. The fraction of sp³-hybridized carbons (Fsp3) is 0.176. The first-order valence-corrected chi connectivity index (χ1v) is 7.45. The normalized spacial score (nSPS) is 19.3. The number of anilines is 2. The third-order valence-electron chi connectivity index (χ3n) is 3.69. The van der Waals surface area contributed by atoms with Crippen LogP contribution in [0.25, 0.3) is 0 Å². The molecule has 1 heterocycles. The van der Waals surface area contributed by atoms with Gasteiger partial charge < -0.3 is 15.4 Å². The molecule has 0 fully saturated rings. The maximum absolute atomic E-state index is 12.6. The number of halogens is 1. The highest BCUT2D eigenvalue weighted by molar-refractivity contribution is 6.34. The van der Waals surface area contributed by atoms with Gasteiger partial charge in [-0.2, -0.15) is 0 Å². The van der Waals surface area contributed by atoms with Crippen LogP contribution in [-0.4, -0.2) is 17.4 Å². The largest absolute Gasteiger partial charge is 0.466 e. The summed E-state index contributed by atoms with van der Waals surface area (Å²) in [5.41, 5.74) is 0.280. The van der Waals surface area contributed by atoms with Crippen molar-refractivity contribution in [2.24, 2.45) is 0 Å². The topological polar surface area (TPSA) is 67.4 Å². The van der Waals surface area contributed by atoms with Gasteiger partial charge in [-0.15, -0.1) is 0 Å². The first-order valence-electron chi connectivity index (χ1n) is 7.07. The minimum absolute atomic E-state index is 0.386. The number of ether oxygens (including phenoxy) is 1. The second kappa shape index (κ2) is 5.59. The van der Waals surface area contributed by atoms with Crippen molar-refractivity contribution in [3.05, 3.63) is 53.1 Å². The molecule has 2 aromatic rings. The SMILES string of the molecule is Cc1ccc2c(c1)NC(=O)C(C)(C(=O)Nc1ccccc1Cl)O2. The zero-order chi connectivity index (χ0) is 16.6. The maximum Gasteiger partial charge on any atom is 0.278 e. The molecular weight excluding hydrogens is 316 g/mol. The van der Waals surface area contributed by atoms with E-state index in [-0.39, 0.29) is 0 Å². The van der Waals surface area contributed by atoms with E-state index in [4.69, 9.17) is 16.3 Å². The van der Waals surface area contributed by atoms with Gasteiger partial charge in [0, 0.05) is 0 Å². The lowest BCUT2D eigenvalue weighted by molar-refractivity contribution is -0.143. The van der Waals surface area contributed by atoms with Gasteiger partial charge in [-0.3, -0.25) is 9.59 Å². The third-order valence-corrected chi connectivity index (χ3v) is 4.02. The molecule has 0 saturated heterocycles. The summed E-state index contributed by atoms with van der Waals surface area (Å²) in [6, 6.07) is 12.2. The van der Waals surface area contributed by atoms with Crippen molar-refractivity contribution in [3.63, 3.8) is 0 Å². The van der Waals surface area contributed by atoms with Crippen LogP contribution in [0.5, 0.6) is 5.75 Å². The van der Waals surface area contributed by atoms with E-state index in [2.05, 4.69) is 10.6 Å². The molecule has 0 saturated carbocycles. The molecule has 1 atom stereocenters. The summed E-state index contributed by atoms with van der Waals surface area (Å²) in [6.07, 6.45) is 0. The molecule has 23 heavy (non-hydrogen) atoms. The molecule has 0 aromatic heterocycles. The Kier molecular flexibility index (Phi) is 3.74. The fourth-order valence-electron chi connectivity index (χ4n) is 2.29. The lowest BCUT2D eigenvalue weighted by Gasteiger charge is -2.33. The number of rotatable bonds is 2. The van der Waals surface area contributed by atoms with Crippen LogP contribution < -0.4 is 15.4 Å². The molecule has 2 aromatic carbocycles. The number of fused-ring (bicyclic) bond motifs is 1. The van der Waals surface area contributed by atoms with Crippen LogP contribution >= 0.6 is 11.6 Å². The van der Waals surface area contributed by atoms with Gasteiger partial charge in [-0.25, -0.2) is 0 Å². The van der Waals surface area contributed by atoms with Crippen LogP contribution in [0.2, 0.25) is 5.02 Å². The highest BCUT2D eigenvalue weighted by Gasteiger charge is 2.47. The van der Waals surface area contributed by atoms with Crippen LogP contribution in [0.4, 0.5) is 11.4 Å². The summed E-state index contributed by atoms with van der Waals surface area (Å²) in [5, 5.41) is 5.74. The average Bonchev–Trinajstić information content (AvgIpc) is 2.51. The van der Waals surface area contributed by atoms with Gasteiger partial charge in [0.2, 0.25) is 0 Å². The summed E-state index contributed by atoms with van der Waals surface area (Å²) in [7, 11) is 0. The quantitative estimate of drug-likeness (QED) is 0.829. The Morgan fingerprint density at radius 1 is 1.26 bits per heavy atom. The Bertz CT molecular complexity index is 806. The first-order chi connectivity index (χ1) is 10.9. The summed E-state index contributed by atoms with van der Waals surface area (Å²) in [4.78, 5) is 24.9. The van der Waals surface area contributed by atoms with Crippen LogP contribution in [0, 0.1) is 6.92 Å². The molecule has 118 valence electrons. The summed E-state index contributed by atoms with van der Waals surface area (Å²) >= 11 is 6.03. The molecule has 2 amide bonds. The van der Waals surface area contributed by atoms with Crippen molar-refractivity contribution < 1.29 is 14.3 Å². The number of carbonyl (C=O) groups excluding carboxylic acids is 2. The molecule has 3 rings (SSSR count). The third kappa shape index (κ3) is 2.75. The zero-order valence-corrected chi connectivity index (χ0v) is 13.4. The van der Waals surface area contributed by atoms with E-state index in [0.29, 0.717) is 22.1 Å². The number of hydrogen-bond donors (Lipinski definition) is 2. The van der Waals surface area contributed by atoms with Crippen LogP contribution in [0.3, 0.4) is 0 Å². The molecule has 0 spiro atoms. The van der Waals surface area contributed by atoms with Crippen molar-refractivity contribution >= 4 is 34.8 Å². The van der Waals surface area contributed by atoms with E-state index in [0.717, 1.165) is 5.56 Å². The Morgan fingerprint density at radius 2 is 2.00 bits per heavy atom. The number of aryl methyl sites for hydroxylation is 1. The molecule has 1 unspecified atom stereocenters. The van der Waals surface area contributed by atoms with Crippen molar-refractivity contribution in [3.8, 4) is 5.75 Å². The number of benzene rings is 2. The van der Waals surface area contributed by atoms with E-state index in [1.54, 1.807) is 36.4 Å². The minimum atomic E-state index is -1.68. The number of hydrogen-bond acceptors (Lipinski definition) is 3. The van der Waals surface area contributed by atoms with Gasteiger partial charge in [0.25, 0.3) is 17.4 Å². The lowest BCUT2D eigenvalue weighted by Crippen LogP contribution is -2.56. The molecule has 0 aliphatic carbocycles. The average molecular weight is 331 g/mol. The number of carbonyl (C=O) groups is 2. The Balaban J connectivity index is 1.89. The Hall–Kier alpha value is -2.53. The highest BCUT2D eigenvalue weighted by Crippen LogP contribution is 2.35. The van der Waals surface area contributed by atoms with Gasteiger partial charge in [-0.1, -0.05) is 29.8 Å². The smallest absolute Gasteiger partial charge is 0.278 e. The van der Waals surface area contributed by atoms with Crippen LogP contribution in [0.1, 0.15) is 12.5 Å². The van der Waals surface area contributed by atoms with Crippen molar-refractivity contribution in [1.29, 1.82) is 0 Å². The molecular formula is C17H15ClN2O3. The van der Waals surface area contributed by atoms with E-state index in [9.17, 15) is 9.59 Å². The van der Waals surface area contributed by atoms with Gasteiger partial charge in [0.05, 0.1) is 16.4 Å². The summed E-state index contributed by atoms with van der Waals surface area (Å²) in [5.74, 6) is -0.665. The molecule has 1 aliphatic heterocycles. The second-order valence-corrected chi connectivity index (χ2v) is 5.93. The predicted molar refractivity (Wildman–Crippen MR) is 88.9 cm³/mol. The molecule has 6 heteroatoms. The van der Waals surface area contributed by atoms with Gasteiger partial charge >= 0.3 is 0 Å². The minimum Gasteiger partial charge on any atom is -0.466 e. The fourth-order valence-corrected chi connectivity index (χ4v) is 2.47. The molecule has 2 N–H and O–H groups in total. The number of amides is 2. The van der Waals surface area contributed by atoms with Gasteiger partial charge in [-0.05, 0) is 43.7 Å². The first kappa shape index (κ1) is 15.4. The monoisotopic (exact) mass is 330 g/mol. The molecule has 0 radical (unpaired) electrons. The van der Waals surface area contributed by atoms with Crippen LogP contribution in [-0.2, 0) is 9.59 Å². The predicted octanol–water partition coefficient (Wildman–Crippen LogP) is 3.38. The second-order valence-electron chi connectivity index (χ2n) is 5.52. The van der Waals surface area contributed by atoms with Crippen LogP contribution in [0.15, 0.2) is 42.5 Å². The Morgan fingerprint density at radius 3 is 2.74 bits per heavy atom. The van der Waals surface area contributed by atoms with Crippen molar-refractivity contribution in [2.45, 2.75) is 19.4 Å². The summed E-state index contributed by atoms with van der Waals surface area (Å²) in [6.45, 7) is 3.33. The van der Waals surface area contributed by atoms with E-state index in [1.165, 1.54) is 6.92 Å². The van der Waals surface area contributed by atoms with E-state index < -0.39 is 17.4 Å². The molecule has 1 aliphatic rings. The molecule has 0 bridgehead atoms. The molecule has 5 nitrogen and oxygen atoms in total. The van der Waals surface area contributed by atoms with Crippen molar-refractivity contribution in [2.75, 3.05) is 10.6 Å². The lowest BCUT2D eigenvalue weighted by atomic mass is 10.0. The zero-order valence-electron chi connectivity index (χ0n) is 12.6. The van der Waals surface area contributed by atoms with E-state index in [1.807, 2.05) is 13.0 Å². The van der Waals surface area contributed by atoms with Gasteiger partial charge in [0.15, 0.2) is 0 Å². The van der Waals surface area contributed by atoms with E-state index >= 15 is 0 Å². The number of nitrogens with one attached hydrogen (secondary N) is 2. The maximum atomic E-state index is 12.6. The highest BCUT2D eigenvalue weighted by atomic mass is 35.5. The van der Waals surface area contributed by atoms with Crippen molar-refractivity contribution in [1.82, 2.24) is 0 Å². The standard InChI is InChI=1S/C17H15ClN2O3/c1-10-7-8-14-13(9-10)20-16(22)17(2,23-14)15(21)19-12-6-4-3-5-11(12)18/h3-9H,1-2H3,(H,19,21)(H,20,22).